The van der Waals surface area contributed by atoms with E-state index in [2.05, 4.69) is 29.1 Å². The molecule has 1 amide bonds. The van der Waals surface area contributed by atoms with Crippen molar-refractivity contribution in [1.82, 2.24) is 10.2 Å². The van der Waals surface area contributed by atoms with E-state index in [1.165, 1.54) is 0 Å². The zero-order valence-corrected chi connectivity index (χ0v) is 17.3. The van der Waals surface area contributed by atoms with E-state index in [-0.39, 0.29) is 35.3 Å². The quantitative estimate of drug-likeness (QED) is 0.389. The van der Waals surface area contributed by atoms with E-state index < -0.39 is 0 Å². The highest BCUT2D eigenvalue weighted by Crippen LogP contribution is 2.52. The lowest BCUT2D eigenvalue weighted by atomic mass is 9.57. The molecule has 0 aromatic heterocycles. The molecule has 7 heteroatoms. The zero-order valence-electron chi connectivity index (χ0n) is 15.0. The average molecular weight is 450 g/mol. The second-order valence-electron chi connectivity index (χ2n) is 7.86. The number of hydrogen-bond donors (Lipinski definition) is 2. The number of guanidine groups is 1. The molecule has 6 nitrogen and oxygen atoms in total. The fourth-order valence-corrected chi connectivity index (χ4v) is 4.76. The minimum Gasteiger partial charge on any atom is -0.377 e. The number of ether oxygens (including phenoxy) is 1. The molecule has 4 atom stereocenters. The molecule has 3 fully saturated rings. The Kier molecular flexibility index (Phi) is 6.39. The Morgan fingerprint density at radius 1 is 1.42 bits per heavy atom. The highest BCUT2D eigenvalue weighted by atomic mass is 127. The number of nitrogens with zero attached hydrogens (tertiary/aromatic N) is 2. The van der Waals surface area contributed by atoms with Crippen molar-refractivity contribution in [3.8, 4) is 0 Å². The molecule has 0 aromatic carbocycles. The fourth-order valence-electron chi connectivity index (χ4n) is 4.76. The second-order valence-corrected chi connectivity index (χ2v) is 7.86. The van der Waals surface area contributed by atoms with Gasteiger partial charge < -0.3 is 20.7 Å². The van der Waals surface area contributed by atoms with Crippen LogP contribution in [0.2, 0.25) is 0 Å². The van der Waals surface area contributed by atoms with Crippen molar-refractivity contribution in [2.75, 3.05) is 26.7 Å². The molecule has 3 rings (SSSR count). The largest absolute Gasteiger partial charge is 0.377 e. The van der Waals surface area contributed by atoms with Gasteiger partial charge in [-0.25, -0.2) is 0 Å². The van der Waals surface area contributed by atoms with Crippen molar-refractivity contribution in [2.45, 2.75) is 51.7 Å². The predicted octanol–water partition coefficient (Wildman–Crippen LogP) is 1.58. The SMILES string of the molecule is CN=C(NC1C2CCOC2C1(C)C)N1CCCC(CC(N)=O)C1.I. The number of primary amides is 1. The summed E-state index contributed by atoms with van der Waals surface area (Å²) in [6.45, 7) is 7.28. The monoisotopic (exact) mass is 450 g/mol. The Balaban J connectivity index is 0.00000208. The number of carbonyl (C=O) groups excluding carboxylic acids is 1. The molecule has 2 saturated heterocycles. The lowest BCUT2D eigenvalue weighted by molar-refractivity contribution is -0.119. The van der Waals surface area contributed by atoms with Gasteiger partial charge in [0.2, 0.25) is 5.91 Å². The number of fused-ring (bicyclic) bond motifs is 1. The lowest BCUT2D eigenvalue weighted by Crippen LogP contribution is -2.68. The van der Waals surface area contributed by atoms with Crippen LogP contribution in [0.25, 0.3) is 0 Å². The van der Waals surface area contributed by atoms with Gasteiger partial charge in [-0.3, -0.25) is 9.79 Å². The molecule has 0 bridgehead atoms. The maximum absolute atomic E-state index is 11.2. The third-order valence-corrected chi connectivity index (χ3v) is 5.91. The third kappa shape index (κ3) is 3.66. The summed E-state index contributed by atoms with van der Waals surface area (Å²) < 4.78 is 5.87. The van der Waals surface area contributed by atoms with Crippen molar-refractivity contribution in [1.29, 1.82) is 0 Å². The Bertz CT molecular complexity index is 497. The number of carbonyl (C=O) groups is 1. The summed E-state index contributed by atoms with van der Waals surface area (Å²) in [5.41, 5.74) is 5.50. The number of halogens is 1. The van der Waals surface area contributed by atoms with E-state index in [4.69, 9.17) is 10.5 Å². The van der Waals surface area contributed by atoms with Crippen LogP contribution in [-0.4, -0.2) is 55.7 Å². The van der Waals surface area contributed by atoms with Gasteiger partial charge in [-0.1, -0.05) is 13.8 Å². The van der Waals surface area contributed by atoms with Gasteiger partial charge in [0.25, 0.3) is 0 Å². The zero-order chi connectivity index (χ0) is 16.6. The van der Waals surface area contributed by atoms with Gasteiger partial charge in [0.05, 0.1) is 6.10 Å². The predicted molar refractivity (Wildman–Crippen MR) is 105 cm³/mol. The first-order chi connectivity index (χ1) is 10.9. The summed E-state index contributed by atoms with van der Waals surface area (Å²) in [7, 11) is 1.84. The fraction of sp³-hybridized carbons (Fsp3) is 0.882. The standard InChI is InChI=1S/C17H30N4O2.HI/c1-17(2)14(12-6-8-23-15(12)17)20-16(19-3)21-7-4-5-11(10-21)9-13(18)22;/h11-12,14-15H,4-10H2,1-3H3,(H2,18,22)(H,19,20);1H. The number of aliphatic imine (C=N–C) groups is 1. The number of hydrogen-bond acceptors (Lipinski definition) is 3. The van der Waals surface area contributed by atoms with E-state index in [9.17, 15) is 4.79 Å². The van der Waals surface area contributed by atoms with Crippen LogP contribution in [-0.2, 0) is 9.53 Å². The number of nitrogens with two attached hydrogens (primary N) is 1. The van der Waals surface area contributed by atoms with Crippen LogP contribution in [0.5, 0.6) is 0 Å². The molecule has 2 aliphatic heterocycles. The highest BCUT2D eigenvalue weighted by Gasteiger charge is 2.59. The van der Waals surface area contributed by atoms with Crippen LogP contribution < -0.4 is 11.1 Å². The number of likely N-dealkylation sites (tertiary alicyclic amines) is 1. The summed E-state index contributed by atoms with van der Waals surface area (Å²) in [6, 6.07) is 0.408. The van der Waals surface area contributed by atoms with Gasteiger partial charge in [0, 0.05) is 50.5 Å². The van der Waals surface area contributed by atoms with Gasteiger partial charge in [0.1, 0.15) is 0 Å². The Morgan fingerprint density at radius 2 is 2.17 bits per heavy atom. The number of nitrogens with one attached hydrogen (secondary N) is 1. The van der Waals surface area contributed by atoms with Crippen LogP contribution >= 0.6 is 24.0 Å². The van der Waals surface area contributed by atoms with Gasteiger partial charge in [0.15, 0.2) is 5.96 Å². The molecule has 2 heterocycles. The first-order valence-electron chi connectivity index (χ1n) is 8.81. The average Bonchev–Trinajstić information content (AvgIpc) is 2.94. The van der Waals surface area contributed by atoms with Crippen molar-refractivity contribution in [2.24, 2.45) is 28.0 Å². The van der Waals surface area contributed by atoms with Crippen LogP contribution in [0.4, 0.5) is 0 Å². The molecule has 0 aromatic rings. The number of amides is 1. The van der Waals surface area contributed by atoms with Crippen LogP contribution in [0.15, 0.2) is 4.99 Å². The molecular weight excluding hydrogens is 419 g/mol. The van der Waals surface area contributed by atoms with E-state index in [0.29, 0.717) is 30.4 Å². The Morgan fingerprint density at radius 3 is 2.83 bits per heavy atom. The lowest BCUT2D eigenvalue weighted by Gasteiger charge is -2.55. The topological polar surface area (TPSA) is 80.0 Å². The normalized spacial score (nSPS) is 34.8. The number of rotatable bonds is 3. The van der Waals surface area contributed by atoms with Crippen molar-refractivity contribution >= 4 is 35.8 Å². The van der Waals surface area contributed by atoms with E-state index in [1.807, 2.05) is 7.05 Å². The Labute approximate surface area is 162 Å². The van der Waals surface area contributed by atoms with Crippen molar-refractivity contribution in [3.05, 3.63) is 0 Å². The maximum atomic E-state index is 11.2. The first-order valence-corrected chi connectivity index (χ1v) is 8.81. The number of piperidine rings is 1. The van der Waals surface area contributed by atoms with Crippen LogP contribution in [0, 0.1) is 17.3 Å². The summed E-state index contributed by atoms with van der Waals surface area (Å²) >= 11 is 0. The van der Waals surface area contributed by atoms with Gasteiger partial charge in [-0.2, -0.15) is 0 Å². The molecule has 24 heavy (non-hydrogen) atoms. The molecule has 4 unspecified atom stereocenters. The molecule has 0 radical (unpaired) electrons. The van der Waals surface area contributed by atoms with E-state index in [0.717, 1.165) is 44.9 Å². The highest BCUT2D eigenvalue weighted by molar-refractivity contribution is 14.0. The summed E-state index contributed by atoms with van der Waals surface area (Å²) in [5, 5.41) is 3.69. The minimum absolute atomic E-state index is 0. The minimum atomic E-state index is -0.203. The molecule has 3 aliphatic rings. The van der Waals surface area contributed by atoms with Crippen molar-refractivity contribution < 1.29 is 9.53 Å². The summed E-state index contributed by atoms with van der Waals surface area (Å²) in [6.07, 6.45) is 4.14. The van der Waals surface area contributed by atoms with Gasteiger partial charge in [-0.15, -0.1) is 24.0 Å². The summed E-state index contributed by atoms with van der Waals surface area (Å²) in [5.74, 6) is 1.69. The van der Waals surface area contributed by atoms with Crippen molar-refractivity contribution in [3.63, 3.8) is 0 Å². The van der Waals surface area contributed by atoms with Gasteiger partial charge >= 0.3 is 0 Å². The Hall–Kier alpha value is -0.570. The molecule has 1 saturated carbocycles. The van der Waals surface area contributed by atoms with Crippen LogP contribution in [0.1, 0.15) is 39.5 Å². The molecule has 1 aliphatic carbocycles. The smallest absolute Gasteiger partial charge is 0.217 e. The first kappa shape index (κ1) is 19.8. The molecule has 138 valence electrons. The molecule has 0 spiro atoms. The second kappa shape index (κ2) is 7.76. The molecule has 3 N–H and O–H groups in total. The third-order valence-electron chi connectivity index (χ3n) is 5.91. The van der Waals surface area contributed by atoms with E-state index >= 15 is 0 Å². The maximum Gasteiger partial charge on any atom is 0.217 e. The van der Waals surface area contributed by atoms with Crippen LogP contribution in [0.3, 0.4) is 0 Å². The molecular formula is C17H31IN4O2. The van der Waals surface area contributed by atoms with E-state index in [1.54, 1.807) is 0 Å². The van der Waals surface area contributed by atoms with Gasteiger partial charge in [-0.05, 0) is 25.2 Å². The summed E-state index contributed by atoms with van der Waals surface area (Å²) in [4.78, 5) is 18.0.